The Labute approximate surface area is 121 Å². The van der Waals surface area contributed by atoms with E-state index >= 15 is 0 Å². The van der Waals surface area contributed by atoms with Crippen LogP contribution in [0.2, 0.25) is 0 Å². The normalized spacial score (nSPS) is 16.9. The topological polar surface area (TPSA) is 83.9 Å². The molecule has 0 spiro atoms. The molecule has 0 atom stereocenters. The summed E-state index contributed by atoms with van der Waals surface area (Å²) in [6, 6.07) is 2.66. The molecule has 8 heteroatoms. The van der Waals surface area contributed by atoms with Crippen molar-refractivity contribution in [3.05, 3.63) is 28.7 Å². The molecule has 1 aliphatic rings. The molecule has 0 saturated heterocycles. The van der Waals surface area contributed by atoms with Crippen molar-refractivity contribution in [2.24, 2.45) is 0 Å². The second-order valence-electron chi connectivity index (χ2n) is 4.33. The van der Waals surface area contributed by atoms with Crippen molar-refractivity contribution in [1.29, 1.82) is 0 Å². The molecule has 2 rings (SSSR count). The molecule has 0 bridgehead atoms. The fourth-order valence-electron chi connectivity index (χ4n) is 1.93. The third-order valence-corrected chi connectivity index (χ3v) is 6.39. The molecule has 1 aromatic heterocycles. The van der Waals surface area contributed by atoms with E-state index in [9.17, 15) is 13.2 Å². The maximum absolute atomic E-state index is 12.4. The molecule has 20 heavy (non-hydrogen) atoms. The zero-order valence-corrected chi connectivity index (χ0v) is 12.5. The highest BCUT2D eigenvalue weighted by Gasteiger charge is 2.28. The van der Waals surface area contributed by atoms with Crippen LogP contribution in [0.4, 0.5) is 0 Å². The van der Waals surface area contributed by atoms with Gasteiger partial charge in [-0.15, -0.1) is 11.3 Å². The maximum Gasteiger partial charge on any atom is 0.345 e. The number of sulfonamides is 1. The fraction of sp³-hybridized carbons (Fsp3) is 0.417. The van der Waals surface area contributed by atoms with Crippen LogP contribution in [-0.4, -0.2) is 50.6 Å². The molecular weight excluding hydrogens is 302 g/mol. The summed E-state index contributed by atoms with van der Waals surface area (Å²) in [5.41, 5.74) is 1.08. The van der Waals surface area contributed by atoms with Gasteiger partial charge in [-0.05, 0) is 24.1 Å². The highest BCUT2D eigenvalue weighted by atomic mass is 32.2. The predicted octanol–water partition coefficient (Wildman–Crippen LogP) is 1.41. The number of nitrogens with zero attached hydrogens (tertiary/aromatic N) is 1. The Kier molecular flexibility index (Phi) is 4.59. The molecule has 0 saturated carbocycles. The zero-order valence-electron chi connectivity index (χ0n) is 10.9. The Balaban J connectivity index is 2.17. The van der Waals surface area contributed by atoms with E-state index < -0.39 is 16.0 Å². The molecule has 1 N–H and O–H groups in total. The Bertz CT molecular complexity index is 632. The number of ether oxygens (including phenoxy) is 1. The van der Waals surface area contributed by atoms with E-state index in [0.29, 0.717) is 26.1 Å². The molecule has 1 aliphatic heterocycles. The monoisotopic (exact) mass is 317 g/mol. The number of carboxylic acid groups (broad SMARTS) is 1. The van der Waals surface area contributed by atoms with E-state index in [4.69, 9.17) is 9.84 Å². The van der Waals surface area contributed by atoms with Gasteiger partial charge >= 0.3 is 5.97 Å². The zero-order chi connectivity index (χ0) is 14.8. The predicted molar refractivity (Wildman–Crippen MR) is 74.6 cm³/mol. The van der Waals surface area contributed by atoms with Crippen molar-refractivity contribution in [3.63, 3.8) is 0 Å². The number of hydrogen-bond donors (Lipinski definition) is 1. The van der Waals surface area contributed by atoms with E-state index in [1.165, 1.54) is 16.4 Å². The van der Waals surface area contributed by atoms with E-state index in [-0.39, 0.29) is 9.09 Å². The SMILES string of the molecule is COCC1=CCN(S(=O)(=O)c2ccc(C(=O)O)s2)CC1. The van der Waals surface area contributed by atoms with Crippen LogP contribution < -0.4 is 0 Å². The van der Waals surface area contributed by atoms with Gasteiger partial charge < -0.3 is 9.84 Å². The largest absolute Gasteiger partial charge is 0.477 e. The number of rotatable bonds is 5. The smallest absolute Gasteiger partial charge is 0.345 e. The molecule has 0 amide bonds. The van der Waals surface area contributed by atoms with Crippen LogP contribution in [0, 0.1) is 0 Å². The van der Waals surface area contributed by atoms with Gasteiger partial charge in [-0.3, -0.25) is 0 Å². The van der Waals surface area contributed by atoms with Gasteiger partial charge in [-0.2, -0.15) is 4.31 Å². The number of carboxylic acids is 1. The minimum Gasteiger partial charge on any atom is -0.477 e. The first-order chi connectivity index (χ1) is 9.45. The van der Waals surface area contributed by atoms with Gasteiger partial charge in [0.05, 0.1) is 6.61 Å². The summed E-state index contributed by atoms with van der Waals surface area (Å²) in [5, 5.41) is 8.85. The first-order valence-electron chi connectivity index (χ1n) is 5.95. The lowest BCUT2D eigenvalue weighted by Crippen LogP contribution is -2.34. The number of aromatic carboxylic acids is 1. The van der Waals surface area contributed by atoms with Crippen LogP contribution >= 0.6 is 11.3 Å². The molecule has 0 aromatic carbocycles. The average Bonchev–Trinajstić information content (AvgIpc) is 2.90. The van der Waals surface area contributed by atoms with Crippen LogP contribution in [0.1, 0.15) is 16.1 Å². The van der Waals surface area contributed by atoms with Gasteiger partial charge in [0.2, 0.25) is 0 Å². The van der Waals surface area contributed by atoms with Crippen molar-refractivity contribution in [2.75, 3.05) is 26.8 Å². The highest BCUT2D eigenvalue weighted by molar-refractivity contribution is 7.91. The van der Waals surface area contributed by atoms with Crippen LogP contribution in [0.25, 0.3) is 0 Å². The molecule has 0 unspecified atom stereocenters. The summed E-state index contributed by atoms with van der Waals surface area (Å²) in [4.78, 5) is 10.8. The van der Waals surface area contributed by atoms with Crippen molar-refractivity contribution >= 4 is 27.3 Å². The van der Waals surface area contributed by atoms with Crippen LogP contribution in [0.15, 0.2) is 28.0 Å². The molecule has 2 heterocycles. The summed E-state index contributed by atoms with van der Waals surface area (Å²) >= 11 is 0.778. The summed E-state index contributed by atoms with van der Waals surface area (Å²) in [5.74, 6) is -1.11. The maximum atomic E-state index is 12.4. The first kappa shape index (κ1) is 15.2. The Hall–Kier alpha value is -1.22. The van der Waals surface area contributed by atoms with Gasteiger partial charge in [0, 0.05) is 20.2 Å². The van der Waals surface area contributed by atoms with Crippen molar-refractivity contribution in [3.8, 4) is 0 Å². The minimum atomic E-state index is -3.61. The Morgan fingerprint density at radius 3 is 2.75 bits per heavy atom. The lowest BCUT2D eigenvalue weighted by atomic mass is 10.1. The molecule has 6 nitrogen and oxygen atoms in total. The Morgan fingerprint density at radius 1 is 1.50 bits per heavy atom. The number of carbonyl (C=O) groups is 1. The average molecular weight is 317 g/mol. The summed E-state index contributed by atoms with van der Waals surface area (Å²) in [7, 11) is -2.01. The fourth-order valence-corrected chi connectivity index (χ4v) is 4.61. The molecular formula is C12H15NO5S2. The number of hydrogen-bond acceptors (Lipinski definition) is 5. The molecule has 0 aliphatic carbocycles. The molecule has 0 fully saturated rings. The molecule has 1 aromatic rings. The van der Waals surface area contributed by atoms with Crippen molar-refractivity contribution in [2.45, 2.75) is 10.6 Å². The second kappa shape index (κ2) is 6.04. The van der Waals surface area contributed by atoms with Gasteiger partial charge in [-0.1, -0.05) is 6.08 Å². The minimum absolute atomic E-state index is 0.0243. The number of thiophene rings is 1. The van der Waals surface area contributed by atoms with E-state index in [1.807, 2.05) is 6.08 Å². The van der Waals surface area contributed by atoms with Gasteiger partial charge in [0.25, 0.3) is 10.0 Å². The van der Waals surface area contributed by atoms with Gasteiger partial charge in [-0.25, -0.2) is 13.2 Å². The standard InChI is InChI=1S/C12H15NO5S2/c1-18-8-9-4-6-13(7-5-9)20(16,17)11-3-2-10(19-11)12(14)15/h2-4H,5-8H2,1H3,(H,14,15). The van der Waals surface area contributed by atoms with Gasteiger partial charge in [0.15, 0.2) is 0 Å². The van der Waals surface area contributed by atoms with Crippen LogP contribution in [0.5, 0.6) is 0 Å². The molecule has 110 valence electrons. The first-order valence-corrected chi connectivity index (χ1v) is 8.21. The summed E-state index contributed by atoms with van der Waals surface area (Å²) < 4.78 is 31.2. The van der Waals surface area contributed by atoms with Crippen molar-refractivity contribution < 1.29 is 23.1 Å². The number of methoxy groups -OCH3 is 1. The van der Waals surface area contributed by atoms with E-state index in [0.717, 1.165) is 16.9 Å². The molecule has 0 radical (unpaired) electrons. The van der Waals surface area contributed by atoms with Crippen LogP contribution in [0.3, 0.4) is 0 Å². The van der Waals surface area contributed by atoms with Crippen molar-refractivity contribution in [1.82, 2.24) is 4.31 Å². The van der Waals surface area contributed by atoms with E-state index in [2.05, 4.69) is 0 Å². The highest BCUT2D eigenvalue weighted by Crippen LogP contribution is 2.26. The second-order valence-corrected chi connectivity index (χ2v) is 7.58. The van der Waals surface area contributed by atoms with Crippen LogP contribution in [-0.2, 0) is 14.8 Å². The van der Waals surface area contributed by atoms with Gasteiger partial charge in [0.1, 0.15) is 9.09 Å². The summed E-state index contributed by atoms with van der Waals surface area (Å²) in [6.45, 7) is 1.19. The summed E-state index contributed by atoms with van der Waals surface area (Å²) in [6.07, 6.45) is 2.47. The lowest BCUT2D eigenvalue weighted by Gasteiger charge is -2.24. The Morgan fingerprint density at radius 2 is 2.25 bits per heavy atom. The third-order valence-electron chi connectivity index (χ3n) is 2.98. The lowest BCUT2D eigenvalue weighted by molar-refractivity contribution is 0.0702. The third kappa shape index (κ3) is 3.09. The van der Waals surface area contributed by atoms with E-state index in [1.54, 1.807) is 7.11 Å². The quantitative estimate of drug-likeness (QED) is 0.830.